The molecule has 88 valence electrons. The minimum atomic E-state index is -0.774. The lowest BCUT2D eigenvalue weighted by atomic mass is 9.98. The van der Waals surface area contributed by atoms with Gasteiger partial charge in [-0.1, -0.05) is 0 Å². The van der Waals surface area contributed by atoms with Crippen molar-refractivity contribution in [2.75, 3.05) is 0 Å². The van der Waals surface area contributed by atoms with Crippen LogP contribution in [0.1, 0.15) is 31.1 Å². The Hall–Kier alpha value is -1.49. The Balaban J connectivity index is 2.81. The summed E-state index contributed by atoms with van der Waals surface area (Å²) in [5, 5.41) is 12.0. The molecule has 1 atom stereocenters. The lowest BCUT2D eigenvalue weighted by Gasteiger charge is -2.29. The van der Waals surface area contributed by atoms with Gasteiger partial charge in [0, 0.05) is 6.20 Å². The van der Waals surface area contributed by atoms with Gasteiger partial charge in [-0.15, -0.1) is 0 Å². The van der Waals surface area contributed by atoms with Gasteiger partial charge >= 0.3 is 0 Å². The molecule has 2 N–H and O–H groups in total. The van der Waals surface area contributed by atoms with E-state index in [4.69, 9.17) is 0 Å². The number of aliphatic hydroxyl groups is 1. The van der Waals surface area contributed by atoms with E-state index in [-0.39, 0.29) is 5.56 Å². The third-order valence-electron chi connectivity index (χ3n) is 2.45. The summed E-state index contributed by atoms with van der Waals surface area (Å²) < 4.78 is 12.8. The molecule has 1 heterocycles. The van der Waals surface area contributed by atoms with Gasteiger partial charge in [0.25, 0.3) is 5.91 Å². The van der Waals surface area contributed by atoms with Gasteiger partial charge in [0.1, 0.15) is 5.82 Å². The van der Waals surface area contributed by atoms with Crippen LogP contribution in [0.5, 0.6) is 0 Å². The Bertz CT molecular complexity index is 391. The number of aromatic nitrogens is 1. The summed E-state index contributed by atoms with van der Waals surface area (Å²) in [5.41, 5.74) is -0.641. The van der Waals surface area contributed by atoms with Crippen LogP contribution in [-0.4, -0.2) is 27.6 Å². The van der Waals surface area contributed by atoms with Crippen molar-refractivity contribution >= 4 is 5.91 Å². The van der Waals surface area contributed by atoms with Crippen molar-refractivity contribution in [2.24, 2.45) is 0 Å². The summed E-state index contributed by atoms with van der Waals surface area (Å²) in [7, 11) is 0. The number of aliphatic hydroxyl groups excluding tert-OH is 1. The van der Waals surface area contributed by atoms with Gasteiger partial charge in [-0.25, -0.2) is 4.39 Å². The predicted molar refractivity (Wildman–Crippen MR) is 57.4 cm³/mol. The highest BCUT2D eigenvalue weighted by molar-refractivity contribution is 5.94. The first-order chi connectivity index (χ1) is 7.33. The first-order valence-corrected chi connectivity index (χ1v) is 4.94. The largest absolute Gasteiger partial charge is 0.391 e. The Morgan fingerprint density at radius 2 is 2.19 bits per heavy atom. The molecule has 16 heavy (non-hydrogen) atoms. The monoisotopic (exact) mass is 226 g/mol. The van der Waals surface area contributed by atoms with Gasteiger partial charge < -0.3 is 10.4 Å². The van der Waals surface area contributed by atoms with Crippen LogP contribution in [-0.2, 0) is 0 Å². The Morgan fingerprint density at radius 3 is 2.69 bits per heavy atom. The number of rotatable bonds is 3. The highest BCUT2D eigenvalue weighted by atomic mass is 19.1. The zero-order valence-electron chi connectivity index (χ0n) is 9.49. The van der Waals surface area contributed by atoms with Gasteiger partial charge in [-0.2, -0.15) is 0 Å². The lowest BCUT2D eigenvalue weighted by molar-refractivity contribution is 0.0709. The molecule has 4 nitrogen and oxygen atoms in total. The molecule has 0 fully saturated rings. The van der Waals surface area contributed by atoms with E-state index in [0.717, 1.165) is 12.3 Å². The average molecular weight is 226 g/mol. The number of hydrogen-bond donors (Lipinski definition) is 2. The number of nitrogens with zero attached hydrogens (tertiary/aromatic N) is 1. The van der Waals surface area contributed by atoms with Gasteiger partial charge in [-0.05, 0) is 26.8 Å². The predicted octanol–water partition coefficient (Wildman–Crippen LogP) is 1.11. The second-order valence-corrected chi connectivity index (χ2v) is 4.24. The minimum absolute atomic E-state index is 0.133. The molecule has 0 aliphatic rings. The lowest BCUT2D eigenvalue weighted by Crippen LogP contribution is -2.51. The fourth-order valence-electron chi connectivity index (χ4n) is 1.01. The van der Waals surface area contributed by atoms with E-state index in [9.17, 15) is 14.3 Å². The molecule has 1 unspecified atom stereocenters. The van der Waals surface area contributed by atoms with E-state index < -0.39 is 23.4 Å². The number of hydrogen-bond acceptors (Lipinski definition) is 3. The summed E-state index contributed by atoms with van der Waals surface area (Å²) in [4.78, 5) is 15.3. The van der Waals surface area contributed by atoms with Crippen molar-refractivity contribution in [1.82, 2.24) is 10.3 Å². The molecule has 0 radical (unpaired) electrons. The molecule has 5 heteroatoms. The summed E-state index contributed by atoms with van der Waals surface area (Å²) in [6.07, 6.45) is 1.59. The maximum atomic E-state index is 12.8. The van der Waals surface area contributed by atoms with Crippen molar-refractivity contribution in [2.45, 2.75) is 32.4 Å². The van der Waals surface area contributed by atoms with Crippen molar-refractivity contribution in [3.8, 4) is 0 Å². The summed E-state index contributed by atoms with van der Waals surface area (Å²) >= 11 is 0. The van der Waals surface area contributed by atoms with Crippen molar-refractivity contribution in [1.29, 1.82) is 0 Å². The third kappa shape index (κ3) is 3.00. The van der Waals surface area contributed by atoms with Crippen molar-refractivity contribution in [3.05, 3.63) is 29.8 Å². The zero-order chi connectivity index (χ0) is 12.3. The highest BCUT2D eigenvalue weighted by Crippen LogP contribution is 2.10. The maximum Gasteiger partial charge on any atom is 0.253 e. The van der Waals surface area contributed by atoms with Crippen LogP contribution in [0.25, 0.3) is 0 Å². The van der Waals surface area contributed by atoms with Crippen LogP contribution in [0.2, 0.25) is 0 Å². The summed E-state index contributed by atoms with van der Waals surface area (Å²) in [6.45, 7) is 4.94. The SMILES string of the molecule is CC(O)C(C)(C)NC(=O)c1cncc(F)c1. The van der Waals surface area contributed by atoms with Crippen LogP contribution < -0.4 is 5.32 Å². The smallest absolute Gasteiger partial charge is 0.253 e. The molecule has 1 aromatic rings. The minimum Gasteiger partial charge on any atom is -0.391 e. The number of halogens is 1. The number of amides is 1. The highest BCUT2D eigenvalue weighted by Gasteiger charge is 2.26. The van der Waals surface area contributed by atoms with Gasteiger partial charge in [-0.3, -0.25) is 9.78 Å². The number of carbonyl (C=O) groups excluding carboxylic acids is 1. The number of pyridine rings is 1. The molecule has 0 aliphatic carbocycles. The third-order valence-corrected chi connectivity index (χ3v) is 2.45. The maximum absolute atomic E-state index is 12.8. The Labute approximate surface area is 93.5 Å². The van der Waals surface area contributed by atoms with E-state index in [2.05, 4.69) is 10.3 Å². The number of nitrogens with one attached hydrogen (secondary N) is 1. The molecule has 0 saturated heterocycles. The average Bonchev–Trinajstić information content (AvgIpc) is 2.16. The van der Waals surface area contributed by atoms with E-state index in [1.54, 1.807) is 20.8 Å². The second-order valence-electron chi connectivity index (χ2n) is 4.24. The van der Waals surface area contributed by atoms with Gasteiger partial charge in [0.05, 0.1) is 23.4 Å². The van der Waals surface area contributed by atoms with Crippen LogP contribution in [0.3, 0.4) is 0 Å². The molecule has 0 spiro atoms. The van der Waals surface area contributed by atoms with E-state index in [1.807, 2.05) is 0 Å². The summed E-state index contributed by atoms with van der Waals surface area (Å²) in [6, 6.07) is 1.10. The molecular formula is C11H15FN2O2. The van der Waals surface area contributed by atoms with Crippen LogP contribution in [0.15, 0.2) is 18.5 Å². The topological polar surface area (TPSA) is 62.2 Å². The molecule has 1 aromatic heterocycles. The van der Waals surface area contributed by atoms with Crippen LogP contribution >= 0.6 is 0 Å². The standard InChI is InChI=1S/C11H15FN2O2/c1-7(15)11(2,3)14-10(16)8-4-9(12)6-13-5-8/h4-7,15H,1-3H3,(H,14,16). The van der Waals surface area contributed by atoms with Crippen molar-refractivity contribution in [3.63, 3.8) is 0 Å². The first-order valence-electron chi connectivity index (χ1n) is 4.94. The van der Waals surface area contributed by atoms with E-state index >= 15 is 0 Å². The molecule has 0 aromatic carbocycles. The Kier molecular flexibility index (Phi) is 3.59. The molecule has 0 bridgehead atoms. The molecule has 0 saturated carbocycles. The van der Waals surface area contributed by atoms with Gasteiger partial charge in [0.15, 0.2) is 0 Å². The molecular weight excluding hydrogens is 211 g/mol. The van der Waals surface area contributed by atoms with E-state index in [0.29, 0.717) is 0 Å². The second kappa shape index (κ2) is 4.57. The molecule has 0 aliphatic heterocycles. The fraction of sp³-hybridized carbons (Fsp3) is 0.455. The van der Waals surface area contributed by atoms with Crippen molar-refractivity contribution < 1.29 is 14.3 Å². The quantitative estimate of drug-likeness (QED) is 0.811. The first kappa shape index (κ1) is 12.6. The normalized spacial score (nSPS) is 13.3. The van der Waals surface area contributed by atoms with Crippen LogP contribution in [0, 0.1) is 5.82 Å². The Morgan fingerprint density at radius 1 is 1.56 bits per heavy atom. The van der Waals surface area contributed by atoms with E-state index in [1.165, 1.54) is 6.20 Å². The fourth-order valence-corrected chi connectivity index (χ4v) is 1.01. The molecule has 1 rings (SSSR count). The number of carbonyl (C=O) groups is 1. The summed E-state index contributed by atoms with van der Waals surface area (Å²) in [5.74, 6) is -1.03. The van der Waals surface area contributed by atoms with Crippen LogP contribution in [0.4, 0.5) is 4.39 Å². The molecule has 1 amide bonds. The van der Waals surface area contributed by atoms with Gasteiger partial charge in [0.2, 0.25) is 0 Å². The zero-order valence-corrected chi connectivity index (χ0v) is 9.49.